The smallest absolute Gasteiger partial charge is 0.0952 e. The highest BCUT2D eigenvalue weighted by atomic mass is 35.5. The molecule has 0 amide bonds. The van der Waals surface area contributed by atoms with Gasteiger partial charge >= 0.3 is 0 Å². The van der Waals surface area contributed by atoms with Crippen LogP contribution in [-0.4, -0.2) is 19.2 Å². The maximum absolute atomic E-state index is 6.07. The van der Waals surface area contributed by atoms with Gasteiger partial charge in [0, 0.05) is 11.6 Å². The van der Waals surface area contributed by atoms with Crippen LogP contribution >= 0.6 is 11.6 Å². The molecular weight excluding hydrogens is 246 g/mol. The minimum atomic E-state index is 0.101. The molecule has 0 fully saturated rings. The Labute approximate surface area is 116 Å². The summed E-state index contributed by atoms with van der Waals surface area (Å²) in [5.41, 5.74) is 1.18. The molecule has 18 heavy (non-hydrogen) atoms. The molecule has 1 N–H and O–H groups in total. The molecule has 3 heteroatoms. The quantitative estimate of drug-likeness (QED) is 0.715. The van der Waals surface area contributed by atoms with Gasteiger partial charge in [-0.3, -0.25) is 0 Å². The van der Waals surface area contributed by atoms with E-state index >= 15 is 0 Å². The van der Waals surface area contributed by atoms with Crippen molar-refractivity contribution in [2.45, 2.75) is 45.8 Å². The van der Waals surface area contributed by atoms with Crippen molar-refractivity contribution < 1.29 is 4.74 Å². The van der Waals surface area contributed by atoms with E-state index in [1.165, 1.54) is 5.56 Å². The van der Waals surface area contributed by atoms with Gasteiger partial charge in [-0.2, -0.15) is 0 Å². The fourth-order valence-corrected chi connectivity index (χ4v) is 1.83. The van der Waals surface area contributed by atoms with Crippen molar-refractivity contribution in [3.05, 3.63) is 34.9 Å². The number of benzene rings is 1. The summed E-state index contributed by atoms with van der Waals surface area (Å²) >= 11 is 5.92. The van der Waals surface area contributed by atoms with E-state index in [4.69, 9.17) is 16.3 Å². The molecule has 1 aromatic carbocycles. The third kappa shape index (κ3) is 5.38. The average molecular weight is 270 g/mol. The molecule has 2 nitrogen and oxygen atoms in total. The third-order valence-electron chi connectivity index (χ3n) is 2.97. The maximum atomic E-state index is 6.07. The van der Waals surface area contributed by atoms with E-state index in [-0.39, 0.29) is 12.2 Å². The highest BCUT2D eigenvalue weighted by Crippen LogP contribution is 2.21. The molecular formula is C15H24ClNO. The zero-order valence-corrected chi connectivity index (χ0v) is 12.3. The van der Waals surface area contributed by atoms with Crippen molar-refractivity contribution in [3.8, 4) is 0 Å². The van der Waals surface area contributed by atoms with Crippen LogP contribution in [0.1, 0.15) is 45.3 Å². The number of hydrogen-bond acceptors (Lipinski definition) is 2. The molecule has 1 rings (SSSR count). The van der Waals surface area contributed by atoms with Crippen LogP contribution in [0, 0.1) is 0 Å². The summed E-state index contributed by atoms with van der Waals surface area (Å²) in [7, 11) is 0. The molecule has 2 unspecified atom stereocenters. The number of halogens is 1. The molecule has 0 saturated heterocycles. The maximum Gasteiger partial charge on any atom is 0.0952 e. The van der Waals surface area contributed by atoms with Crippen LogP contribution in [0.25, 0.3) is 0 Å². The fourth-order valence-electron chi connectivity index (χ4n) is 1.71. The Morgan fingerprint density at radius 2 is 1.89 bits per heavy atom. The lowest BCUT2D eigenvalue weighted by atomic mass is 10.1. The van der Waals surface area contributed by atoms with Crippen molar-refractivity contribution in [2.24, 2.45) is 0 Å². The van der Waals surface area contributed by atoms with Crippen LogP contribution in [-0.2, 0) is 4.74 Å². The Balaban J connectivity index is 2.66. The van der Waals surface area contributed by atoms with Crippen LogP contribution < -0.4 is 5.32 Å². The molecule has 0 aliphatic heterocycles. The predicted octanol–water partition coefficient (Wildman–Crippen LogP) is 4.20. The van der Waals surface area contributed by atoms with Crippen molar-refractivity contribution in [1.29, 1.82) is 0 Å². The van der Waals surface area contributed by atoms with E-state index in [2.05, 4.69) is 26.1 Å². The molecule has 2 atom stereocenters. The summed E-state index contributed by atoms with van der Waals surface area (Å²) < 4.78 is 6.07. The van der Waals surface area contributed by atoms with Crippen LogP contribution in [0.4, 0.5) is 0 Å². The van der Waals surface area contributed by atoms with Gasteiger partial charge in [-0.15, -0.1) is 0 Å². The summed E-state index contributed by atoms with van der Waals surface area (Å²) in [4.78, 5) is 0. The fraction of sp³-hybridized carbons (Fsp3) is 0.600. The number of nitrogens with one attached hydrogen (secondary N) is 1. The van der Waals surface area contributed by atoms with Gasteiger partial charge in [0.05, 0.1) is 12.2 Å². The minimum Gasteiger partial charge on any atom is -0.369 e. The number of hydrogen-bond donors (Lipinski definition) is 1. The Kier molecular flexibility index (Phi) is 7.33. The Bertz CT molecular complexity index is 326. The minimum absolute atomic E-state index is 0.101. The van der Waals surface area contributed by atoms with Gasteiger partial charge in [0.2, 0.25) is 0 Å². The van der Waals surface area contributed by atoms with E-state index in [0.717, 1.165) is 31.0 Å². The van der Waals surface area contributed by atoms with E-state index in [0.29, 0.717) is 0 Å². The normalized spacial score (nSPS) is 14.4. The molecule has 0 aliphatic carbocycles. The molecule has 0 heterocycles. The van der Waals surface area contributed by atoms with Crippen molar-refractivity contribution >= 4 is 11.6 Å². The summed E-state index contributed by atoms with van der Waals surface area (Å²) in [5.74, 6) is 0. The predicted molar refractivity (Wildman–Crippen MR) is 78.2 cm³/mol. The SMILES string of the molecule is CCCNCC(OC(C)CC)c1ccc(Cl)cc1. The number of rotatable bonds is 8. The third-order valence-corrected chi connectivity index (χ3v) is 3.22. The van der Waals surface area contributed by atoms with Crippen molar-refractivity contribution in [1.82, 2.24) is 5.32 Å². The standard InChI is InChI=1S/C15H24ClNO/c1-4-10-17-11-15(18-12(3)5-2)13-6-8-14(16)9-7-13/h6-9,12,15,17H,4-5,10-11H2,1-3H3. The lowest BCUT2D eigenvalue weighted by molar-refractivity contribution is -0.00440. The van der Waals surface area contributed by atoms with Crippen LogP contribution in [0.3, 0.4) is 0 Å². The second-order valence-electron chi connectivity index (χ2n) is 4.60. The van der Waals surface area contributed by atoms with Gasteiger partial charge in [0.1, 0.15) is 0 Å². The van der Waals surface area contributed by atoms with E-state index in [1.54, 1.807) is 0 Å². The Morgan fingerprint density at radius 3 is 2.44 bits per heavy atom. The first kappa shape index (κ1) is 15.5. The summed E-state index contributed by atoms with van der Waals surface area (Å²) in [6, 6.07) is 7.93. The highest BCUT2D eigenvalue weighted by Gasteiger charge is 2.14. The summed E-state index contributed by atoms with van der Waals surface area (Å²) in [6.45, 7) is 8.29. The van der Waals surface area contributed by atoms with E-state index in [1.807, 2.05) is 24.3 Å². The lowest BCUT2D eigenvalue weighted by Crippen LogP contribution is -2.26. The molecule has 1 aromatic rings. The van der Waals surface area contributed by atoms with Crippen molar-refractivity contribution in [3.63, 3.8) is 0 Å². The Morgan fingerprint density at radius 1 is 1.22 bits per heavy atom. The average Bonchev–Trinajstić information content (AvgIpc) is 2.38. The number of ether oxygens (including phenoxy) is 1. The van der Waals surface area contributed by atoms with Crippen LogP contribution in [0.5, 0.6) is 0 Å². The molecule has 0 aromatic heterocycles. The van der Waals surface area contributed by atoms with Gasteiger partial charge in [0.15, 0.2) is 0 Å². The molecule has 0 saturated carbocycles. The van der Waals surface area contributed by atoms with Gasteiger partial charge in [-0.25, -0.2) is 0 Å². The van der Waals surface area contributed by atoms with Crippen molar-refractivity contribution in [2.75, 3.05) is 13.1 Å². The van der Waals surface area contributed by atoms with Crippen LogP contribution in [0.15, 0.2) is 24.3 Å². The first-order chi connectivity index (χ1) is 8.67. The zero-order valence-electron chi connectivity index (χ0n) is 11.6. The molecule has 102 valence electrons. The van der Waals surface area contributed by atoms with Crippen LogP contribution in [0.2, 0.25) is 5.02 Å². The van der Waals surface area contributed by atoms with Gasteiger partial charge in [0.25, 0.3) is 0 Å². The molecule has 0 bridgehead atoms. The zero-order chi connectivity index (χ0) is 13.4. The largest absolute Gasteiger partial charge is 0.369 e. The summed E-state index contributed by atoms with van der Waals surface area (Å²) in [6.07, 6.45) is 2.53. The summed E-state index contributed by atoms with van der Waals surface area (Å²) in [5, 5.41) is 4.19. The first-order valence-corrected chi connectivity index (χ1v) is 7.16. The van der Waals surface area contributed by atoms with Gasteiger partial charge in [-0.1, -0.05) is 37.6 Å². The van der Waals surface area contributed by atoms with E-state index < -0.39 is 0 Å². The lowest BCUT2D eigenvalue weighted by Gasteiger charge is -2.22. The van der Waals surface area contributed by atoms with E-state index in [9.17, 15) is 0 Å². The Hall–Kier alpha value is -0.570. The topological polar surface area (TPSA) is 21.3 Å². The monoisotopic (exact) mass is 269 g/mol. The van der Waals surface area contributed by atoms with Gasteiger partial charge < -0.3 is 10.1 Å². The molecule has 0 aliphatic rings. The molecule has 0 spiro atoms. The molecule has 0 radical (unpaired) electrons. The highest BCUT2D eigenvalue weighted by molar-refractivity contribution is 6.30. The second-order valence-corrected chi connectivity index (χ2v) is 5.04. The van der Waals surface area contributed by atoms with Gasteiger partial charge in [-0.05, 0) is 44.0 Å². The second kappa shape index (κ2) is 8.52. The first-order valence-electron chi connectivity index (χ1n) is 6.79.